The van der Waals surface area contributed by atoms with Crippen LogP contribution in [0.1, 0.15) is 22.3 Å². The van der Waals surface area contributed by atoms with Crippen LogP contribution in [0.3, 0.4) is 0 Å². The number of aryl methyl sites for hydroxylation is 1. The maximum atomic E-state index is 12.0. The summed E-state index contributed by atoms with van der Waals surface area (Å²) in [7, 11) is 1.72. The predicted molar refractivity (Wildman–Crippen MR) is 69.0 cm³/mol. The van der Waals surface area contributed by atoms with Crippen molar-refractivity contribution in [2.45, 2.75) is 12.8 Å². The lowest BCUT2D eigenvalue weighted by Gasteiger charge is -2.20. The molecule has 1 aromatic rings. The van der Waals surface area contributed by atoms with Crippen LogP contribution in [0.5, 0.6) is 0 Å². The van der Waals surface area contributed by atoms with Gasteiger partial charge in [-0.1, -0.05) is 5.92 Å². The van der Waals surface area contributed by atoms with Crippen molar-refractivity contribution in [3.63, 3.8) is 0 Å². The minimum Gasteiger partial charge on any atom is -0.385 e. The van der Waals surface area contributed by atoms with Crippen LogP contribution in [0.25, 0.3) is 0 Å². The van der Waals surface area contributed by atoms with E-state index in [1.807, 2.05) is 18.2 Å². The molecule has 0 radical (unpaired) electrons. The van der Waals surface area contributed by atoms with Crippen LogP contribution >= 0.6 is 0 Å². The van der Waals surface area contributed by atoms with E-state index in [9.17, 15) is 4.79 Å². The second-order valence-electron chi connectivity index (χ2n) is 4.27. The lowest BCUT2D eigenvalue weighted by atomic mass is 10.0. The number of benzene rings is 1. The molecular weight excluding hydrogens is 212 g/mol. The third-order valence-electron chi connectivity index (χ3n) is 2.97. The Morgan fingerprint density at radius 1 is 1.59 bits per heavy atom. The minimum absolute atomic E-state index is 0.0173. The molecule has 1 aliphatic rings. The average Bonchev–Trinajstić information content (AvgIpc) is 2.37. The lowest BCUT2D eigenvalue weighted by molar-refractivity contribution is 0.0812. The van der Waals surface area contributed by atoms with Crippen LogP contribution in [0, 0.1) is 12.3 Å². The summed E-state index contributed by atoms with van der Waals surface area (Å²) < 4.78 is 0. The Labute approximate surface area is 102 Å². The first-order chi connectivity index (χ1) is 8.22. The van der Waals surface area contributed by atoms with Gasteiger partial charge in [-0.3, -0.25) is 4.79 Å². The number of fused-ring (bicyclic) bond motifs is 1. The van der Waals surface area contributed by atoms with Gasteiger partial charge in [-0.15, -0.1) is 6.42 Å². The number of hydrogen-bond donors (Lipinski definition) is 1. The Morgan fingerprint density at radius 3 is 3.18 bits per heavy atom. The molecule has 0 saturated heterocycles. The van der Waals surface area contributed by atoms with Crippen molar-refractivity contribution in [3.05, 3.63) is 29.3 Å². The monoisotopic (exact) mass is 228 g/mol. The number of carbonyl (C=O) groups excluding carboxylic acids is 1. The van der Waals surface area contributed by atoms with E-state index in [2.05, 4.69) is 11.2 Å². The zero-order valence-electron chi connectivity index (χ0n) is 9.99. The third kappa shape index (κ3) is 2.42. The average molecular weight is 228 g/mol. The van der Waals surface area contributed by atoms with Crippen molar-refractivity contribution in [1.82, 2.24) is 4.90 Å². The van der Waals surface area contributed by atoms with Crippen LogP contribution in [0.15, 0.2) is 18.2 Å². The Hall–Kier alpha value is -1.95. The summed E-state index contributed by atoms with van der Waals surface area (Å²) in [5, 5.41) is 3.33. The molecule has 0 saturated carbocycles. The molecule has 17 heavy (non-hydrogen) atoms. The van der Waals surface area contributed by atoms with E-state index in [0.717, 1.165) is 25.1 Å². The van der Waals surface area contributed by atoms with E-state index in [1.165, 1.54) is 5.56 Å². The van der Waals surface area contributed by atoms with Crippen LogP contribution < -0.4 is 5.32 Å². The van der Waals surface area contributed by atoms with Crippen LogP contribution in [0.4, 0.5) is 5.69 Å². The molecule has 0 spiro atoms. The highest BCUT2D eigenvalue weighted by Gasteiger charge is 2.14. The number of carbonyl (C=O) groups is 1. The molecule has 2 rings (SSSR count). The van der Waals surface area contributed by atoms with Gasteiger partial charge in [0.1, 0.15) is 0 Å². The molecule has 0 aliphatic carbocycles. The summed E-state index contributed by atoms with van der Waals surface area (Å²) in [6, 6.07) is 5.80. The van der Waals surface area contributed by atoms with Gasteiger partial charge < -0.3 is 10.2 Å². The minimum atomic E-state index is -0.0173. The molecule has 0 atom stereocenters. The van der Waals surface area contributed by atoms with Crippen LogP contribution in [-0.4, -0.2) is 30.9 Å². The smallest absolute Gasteiger partial charge is 0.254 e. The fraction of sp³-hybridized carbons (Fsp3) is 0.357. The Balaban J connectivity index is 2.22. The van der Waals surface area contributed by atoms with Gasteiger partial charge in [0.05, 0.1) is 6.54 Å². The van der Waals surface area contributed by atoms with Gasteiger partial charge in [0, 0.05) is 24.8 Å². The molecule has 1 N–H and O–H groups in total. The number of amides is 1. The fourth-order valence-electron chi connectivity index (χ4n) is 2.04. The van der Waals surface area contributed by atoms with Crippen molar-refractivity contribution >= 4 is 11.6 Å². The van der Waals surface area contributed by atoms with Gasteiger partial charge in [-0.25, -0.2) is 0 Å². The highest BCUT2D eigenvalue weighted by Crippen LogP contribution is 2.23. The Morgan fingerprint density at radius 2 is 2.41 bits per heavy atom. The van der Waals surface area contributed by atoms with Crippen molar-refractivity contribution in [1.29, 1.82) is 0 Å². The van der Waals surface area contributed by atoms with Crippen molar-refractivity contribution in [3.8, 4) is 12.3 Å². The predicted octanol–water partition coefficient (Wildman–Crippen LogP) is 1.75. The highest BCUT2D eigenvalue weighted by atomic mass is 16.2. The van der Waals surface area contributed by atoms with Gasteiger partial charge in [-0.2, -0.15) is 0 Å². The molecule has 0 fully saturated rings. The first-order valence-corrected chi connectivity index (χ1v) is 5.78. The van der Waals surface area contributed by atoms with Gasteiger partial charge in [0.25, 0.3) is 5.91 Å². The normalized spacial score (nSPS) is 13.2. The van der Waals surface area contributed by atoms with Crippen LogP contribution in [0.2, 0.25) is 0 Å². The van der Waals surface area contributed by atoms with Crippen molar-refractivity contribution < 1.29 is 4.79 Å². The number of nitrogens with one attached hydrogen (secondary N) is 1. The second-order valence-corrected chi connectivity index (χ2v) is 4.27. The highest BCUT2D eigenvalue weighted by molar-refractivity contribution is 5.95. The summed E-state index contributed by atoms with van der Waals surface area (Å²) in [5.41, 5.74) is 3.08. The molecule has 3 nitrogen and oxygen atoms in total. The summed E-state index contributed by atoms with van der Waals surface area (Å²) in [6.07, 6.45) is 7.35. The molecule has 1 heterocycles. The molecular formula is C14H16N2O. The zero-order valence-corrected chi connectivity index (χ0v) is 9.99. The van der Waals surface area contributed by atoms with Gasteiger partial charge >= 0.3 is 0 Å². The summed E-state index contributed by atoms with van der Waals surface area (Å²) in [6.45, 7) is 1.35. The second kappa shape index (κ2) is 4.92. The molecule has 0 aromatic heterocycles. The Bertz CT molecular complexity index is 474. The number of terminal acetylenes is 1. The van der Waals surface area contributed by atoms with E-state index in [4.69, 9.17) is 6.42 Å². The standard InChI is InChI=1S/C14H16N2O/c1-3-9-16(2)14(17)12-6-7-13-11(10-12)5-4-8-15-13/h1,6-7,10,15H,4-5,8-9H2,2H3. The molecule has 0 unspecified atom stereocenters. The molecule has 3 heteroatoms. The van der Waals surface area contributed by atoms with Gasteiger partial charge in [-0.05, 0) is 36.6 Å². The molecule has 88 valence electrons. The number of nitrogens with zero attached hydrogens (tertiary/aromatic N) is 1. The molecule has 1 aliphatic heterocycles. The maximum Gasteiger partial charge on any atom is 0.254 e. The quantitative estimate of drug-likeness (QED) is 0.782. The summed E-state index contributed by atoms with van der Waals surface area (Å²) >= 11 is 0. The van der Waals surface area contributed by atoms with E-state index in [0.29, 0.717) is 12.1 Å². The van der Waals surface area contributed by atoms with E-state index in [1.54, 1.807) is 11.9 Å². The van der Waals surface area contributed by atoms with E-state index in [-0.39, 0.29) is 5.91 Å². The third-order valence-corrected chi connectivity index (χ3v) is 2.97. The van der Waals surface area contributed by atoms with Crippen molar-refractivity contribution in [2.24, 2.45) is 0 Å². The molecule has 0 bridgehead atoms. The Kier molecular flexibility index (Phi) is 3.34. The zero-order chi connectivity index (χ0) is 12.3. The lowest BCUT2D eigenvalue weighted by Crippen LogP contribution is -2.27. The first kappa shape index (κ1) is 11.5. The van der Waals surface area contributed by atoms with E-state index < -0.39 is 0 Å². The number of rotatable bonds is 2. The number of hydrogen-bond acceptors (Lipinski definition) is 2. The first-order valence-electron chi connectivity index (χ1n) is 5.78. The van der Waals surface area contributed by atoms with Gasteiger partial charge in [0.2, 0.25) is 0 Å². The summed E-state index contributed by atoms with van der Waals surface area (Å²) in [4.78, 5) is 13.6. The van der Waals surface area contributed by atoms with Gasteiger partial charge in [0.15, 0.2) is 0 Å². The molecule has 1 amide bonds. The summed E-state index contributed by atoms with van der Waals surface area (Å²) in [5.74, 6) is 2.46. The fourth-order valence-corrected chi connectivity index (χ4v) is 2.04. The number of anilines is 1. The topological polar surface area (TPSA) is 32.3 Å². The van der Waals surface area contributed by atoms with E-state index >= 15 is 0 Å². The maximum absolute atomic E-state index is 12.0. The largest absolute Gasteiger partial charge is 0.385 e. The molecule has 1 aromatic carbocycles. The van der Waals surface area contributed by atoms with Crippen molar-refractivity contribution in [2.75, 3.05) is 25.5 Å². The SMILES string of the molecule is C#CCN(C)C(=O)c1ccc2c(c1)CCCN2. The van der Waals surface area contributed by atoms with Crippen LogP contribution in [-0.2, 0) is 6.42 Å².